The van der Waals surface area contributed by atoms with E-state index < -0.39 is 17.4 Å². The number of aromatic amines is 1. The maximum atomic E-state index is 12.6. The Balaban J connectivity index is 2.15. The van der Waals surface area contributed by atoms with Gasteiger partial charge in [-0.2, -0.15) is 18.3 Å². The van der Waals surface area contributed by atoms with E-state index in [-0.39, 0.29) is 27.8 Å². The Kier molecular flexibility index (Phi) is 3.84. The molecular weight excluding hydrogens is 347 g/mol. The van der Waals surface area contributed by atoms with Crippen LogP contribution in [-0.2, 0) is 6.18 Å². The molecule has 0 aliphatic carbocycles. The lowest BCUT2D eigenvalue weighted by molar-refractivity contribution is -0.137. The van der Waals surface area contributed by atoms with Crippen molar-refractivity contribution in [2.45, 2.75) is 6.18 Å². The van der Waals surface area contributed by atoms with Gasteiger partial charge in [0.2, 0.25) is 0 Å². The lowest BCUT2D eigenvalue weighted by Crippen LogP contribution is -2.16. The lowest BCUT2D eigenvalue weighted by atomic mass is 10.1. The molecule has 0 aliphatic rings. The standard InChI is InChI=1S/C15H9ClF3N3O2/c16-11-6-5-10(23)7-12(11)22-13(20-21-14(22)24)8-1-3-9(4-2-8)15(17,18)19/h1-7,23H,(H,21,24). The van der Waals surface area contributed by atoms with Crippen molar-refractivity contribution in [3.05, 3.63) is 63.5 Å². The number of hydrogen-bond donors (Lipinski definition) is 2. The highest BCUT2D eigenvalue weighted by Gasteiger charge is 2.30. The predicted octanol–water partition coefficient (Wildman–Crippen LogP) is 3.61. The molecular formula is C15H9ClF3N3O2. The van der Waals surface area contributed by atoms with Crippen LogP contribution in [0.4, 0.5) is 13.2 Å². The topological polar surface area (TPSA) is 70.9 Å². The zero-order valence-corrected chi connectivity index (χ0v) is 12.6. The first kappa shape index (κ1) is 16.1. The van der Waals surface area contributed by atoms with Crippen LogP contribution in [0.15, 0.2) is 47.3 Å². The molecule has 0 spiro atoms. The van der Waals surface area contributed by atoms with Gasteiger partial charge in [-0.05, 0) is 24.3 Å². The Morgan fingerprint density at radius 1 is 1.12 bits per heavy atom. The van der Waals surface area contributed by atoms with Crippen molar-refractivity contribution in [3.63, 3.8) is 0 Å². The highest BCUT2D eigenvalue weighted by molar-refractivity contribution is 6.32. The van der Waals surface area contributed by atoms with E-state index >= 15 is 0 Å². The van der Waals surface area contributed by atoms with Crippen LogP contribution in [-0.4, -0.2) is 19.9 Å². The Bertz CT molecular complexity index is 946. The SMILES string of the molecule is O=c1[nH]nc(-c2ccc(C(F)(F)F)cc2)n1-c1cc(O)ccc1Cl. The van der Waals surface area contributed by atoms with Crippen molar-refractivity contribution in [1.29, 1.82) is 0 Å². The number of rotatable bonds is 2. The third-order valence-electron chi connectivity index (χ3n) is 3.31. The molecule has 0 aliphatic heterocycles. The maximum absolute atomic E-state index is 12.6. The van der Waals surface area contributed by atoms with Crippen molar-refractivity contribution in [2.24, 2.45) is 0 Å². The number of aromatic nitrogens is 3. The molecule has 0 saturated heterocycles. The van der Waals surface area contributed by atoms with Gasteiger partial charge in [0.05, 0.1) is 16.3 Å². The maximum Gasteiger partial charge on any atom is 0.416 e. The summed E-state index contributed by atoms with van der Waals surface area (Å²) in [5, 5.41) is 15.8. The second-order valence-corrected chi connectivity index (χ2v) is 5.31. The number of halogens is 4. The van der Waals surface area contributed by atoms with Crippen LogP contribution in [0.2, 0.25) is 5.02 Å². The zero-order chi connectivity index (χ0) is 17.5. The average molecular weight is 356 g/mol. The molecule has 0 bridgehead atoms. The number of hydrogen-bond acceptors (Lipinski definition) is 3. The summed E-state index contributed by atoms with van der Waals surface area (Å²) < 4.78 is 39.0. The molecule has 2 N–H and O–H groups in total. The molecule has 0 saturated carbocycles. The minimum Gasteiger partial charge on any atom is -0.508 e. The molecule has 0 radical (unpaired) electrons. The van der Waals surface area contributed by atoms with E-state index in [2.05, 4.69) is 10.2 Å². The minimum absolute atomic E-state index is 0.0706. The van der Waals surface area contributed by atoms with Crippen LogP contribution in [0.3, 0.4) is 0 Å². The Morgan fingerprint density at radius 2 is 1.79 bits per heavy atom. The van der Waals surface area contributed by atoms with Gasteiger partial charge in [0.25, 0.3) is 0 Å². The summed E-state index contributed by atoms with van der Waals surface area (Å²) in [7, 11) is 0. The summed E-state index contributed by atoms with van der Waals surface area (Å²) in [6.07, 6.45) is -4.46. The number of benzene rings is 2. The summed E-state index contributed by atoms with van der Waals surface area (Å²) in [4.78, 5) is 12.0. The summed E-state index contributed by atoms with van der Waals surface area (Å²) in [5.41, 5.74) is -1.02. The molecule has 1 aromatic heterocycles. The van der Waals surface area contributed by atoms with E-state index in [1.54, 1.807) is 0 Å². The molecule has 5 nitrogen and oxygen atoms in total. The van der Waals surface area contributed by atoms with Crippen LogP contribution in [0.5, 0.6) is 5.75 Å². The zero-order valence-electron chi connectivity index (χ0n) is 11.8. The Hall–Kier alpha value is -2.74. The molecule has 0 amide bonds. The molecule has 1 heterocycles. The van der Waals surface area contributed by atoms with Crippen molar-refractivity contribution >= 4 is 11.6 Å². The van der Waals surface area contributed by atoms with Gasteiger partial charge < -0.3 is 5.11 Å². The van der Waals surface area contributed by atoms with Crippen molar-refractivity contribution in [2.75, 3.05) is 0 Å². The van der Waals surface area contributed by atoms with Crippen LogP contribution in [0.25, 0.3) is 17.1 Å². The largest absolute Gasteiger partial charge is 0.508 e. The van der Waals surface area contributed by atoms with E-state index in [0.717, 1.165) is 16.7 Å². The minimum atomic E-state index is -4.46. The lowest BCUT2D eigenvalue weighted by Gasteiger charge is -2.10. The smallest absolute Gasteiger partial charge is 0.416 e. The van der Waals surface area contributed by atoms with Crippen LogP contribution in [0, 0.1) is 0 Å². The fourth-order valence-electron chi connectivity index (χ4n) is 2.19. The molecule has 3 rings (SSSR count). The van der Waals surface area contributed by atoms with Gasteiger partial charge in [-0.25, -0.2) is 14.5 Å². The van der Waals surface area contributed by atoms with Gasteiger partial charge in [-0.15, -0.1) is 0 Å². The Labute approximate surface area is 137 Å². The predicted molar refractivity (Wildman–Crippen MR) is 81.3 cm³/mol. The number of aromatic hydroxyl groups is 1. The third-order valence-corrected chi connectivity index (χ3v) is 3.63. The monoisotopic (exact) mass is 355 g/mol. The molecule has 9 heteroatoms. The van der Waals surface area contributed by atoms with E-state index in [1.165, 1.54) is 30.3 Å². The number of nitrogens with one attached hydrogen (secondary N) is 1. The molecule has 24 heavy (non-hydrogen) atoms. The second kappa shape index (κ2) is 5.72. The number of nitrogens with zero attached hydrogens (tertiary/aromatic N) is 2. The third kappa shape index (κ3) is 2.88. The Morgan fingerprint density at radius 3 is 2.42 bits per heavy atom. The quantitative estimate of drug-likeness (QED) is 0.737. The first-order valence-electron chi connectivity index (χ1n) is 6.61. The summed E-state index contributed by atoms with van der Waals surface area (Å²) in [5.74, 6) is -0.0536. The highest BCUT2D eigenvalue weighted by atomic mass is 35.5. The number of H-pyrrole nitrogens is 1. The first-order chi connectivity index (χ1) is 11.3. The van der Waals surface area contributed by atoms with E-state index in [9.17, 15) is 23.1 Å². The average Bonchev–Trinajstić information content (AvgIpc) is 2.90. The molecule has 3 aromatic rings. The van der Waals surface area contributed by atoms with Crippen molar-refractivity contribution in [1.82, 2.24) is 14.8 Å². The molecule has 2 aromatic carbocycles. The van der Waals surface area contributed by atoms with Crippen molar-refractivity contribution < 1.29 is 18.3 Å². The fraction of sp³-hybridized carbons (Fsp3) is 0.0667. The first-order valence-corrected chi connectivity index (χ1v) is 6.99. The highest BCUT2D eigenvalue weighted by Crippen LogP contribution is 2.31. The van der Waals surface area contributed by atoms with Gasteiger partial charge in [0.1, 0.15) is 5.75 Å². The summed E-state index contributed by atoms with van der Waals surface area (Å²) >= 11 is 6.04. The van der Waals surface area contributed by atoms with E-state index in [4.69, 9.17) is 11.6 Å². The second-order valence-electron chi connectivity index (χ2n) is 4.90. The van der Waals surface area contributed by atoms with Gasteiger partial charge in [0.15, 0.2) is 5.82 Å². The number of alkyl halides is 3. The summed E-state index contributed by atoms with van der Waals surface area (Å²) in [6, 6.07) is 8.17. The molecule has 0 atom stereocenters. The van der Waals surface area contributed by atoms with Crippen LogP contribution in [0.1, 0.15) is 5.56 Å². The summed E-state index contributed by atoms with van der Waals surface area (Å²) in [6.45, 7) is 0. The number of phenolic OH excluding ortho intramolecular Hbond substituents is 1. The van der Waals surface area contributed by atoms with Crippen molar-refractivity contribution in [3.8, 4) is 22.8 Å². The fourth-order valence-corrected chi connectivity index (χ4v) is 2.40. The van der Waals surface area contributed by atoms with E-state index in [0.29, 0.717) is 0 Å². The normalized spacial score (nSPS) is 11.7. The van der Waals surface area contributed by atoms with Gasteiger partial charge >= 0.3 is 11.9 Å². The molecule has 0 unspecified atom stereocenters. The molecule has 124 valence electrons. The van der Waals surface area contributed by atoms with Crippen LogP contribution < -0.4 is 5.69 Å². The van der Waals surface area contributed by atoms with Gasteiger partial charge in [0, 0.05) is 11.6 Å². The van der Waals surface area contributed by atoms with Gasteiger partial charge in [-0.1, -0.05) is 23.7 Å². The molecule has 0 fully saturated rings. The van der Waals surface area contributed by atoms with Gasteiger partial charge in [-0.3, -0.25) is 0 Å². The van der Waals surface area contributed by atoms with E-state index in [1.807, 2.05) is 0 Å². The van der Waals surface area contributed by atoms with Crippen LogP contribution >= 0.6 is 11.6 Å². The number of phenols is 1.